The molecule has 6 atom stereocenters. The fourth-order valence-electron chi connectivity index (χ4n) is 9.51. The summed E-state index contributed by atoms with van der Waals surface area (Å²) in [6, 6.07) is -8.02. The number of rotatable bonds is 44. The molecule has 39 heteroatoms. The van der Waals surface area contributed by atoms with Gasteiger partial charge in [0.2, 0.25) is 47.3 Å². The van der Waals surface area contributed by atoms with Gasteiger partial charge in [0.25, 0.3) is 0 Å². The average molecular weight is 1300 g/mol. The second-order valence-corrected chi connectivity index (χ2v) is 21.6. The Labute approximate surface area is 532 Å². The number of anilines is 1. The first kappa shape index (κ1) is 76.0. The van der Waals surface area contributed by atoms with E-state index in [4.69, 9.17) is 74.5 Å². The number of H-pyrrole nitrogens is 1. The molecule has 1 aliphatic rings. The summed E-state index contributed by atoms with van der Waals surface area (Å²) in [6.07, 6.45) is 6.39. The van der Waals surface area contributed by atoms with Gasteiger partial charge < -0.3 is 121 Å². The number of imidazole rings is 1. The second-order valence-electron chi connectivity index (χ2n) is 21.6. The van der Waals surface area contributed by atoms with Crippen molar-refractivity contribution in [3.8, 4) is 0 Å². The molecule has 2 aromatic heterocycles. The summed E-state index contributed by atoms with van der Waals surface area (Å²) in [5.41, 5.74) is 73.4. The lowest BCUT2D eigenvalue weighted by Gasteiger charge is -2.35. The van der Waals surface area contributed by atoms with Gasteiger partial charge in [-0.25, -0.2) is 15.0 Å². The number of unbranched alkanes of at least 4 members (excludes halogenated alkanes) is 3. The maximum absolute atomic E-state index is 14.6. The number of hydrogen-bond donors (Lipinski definition) is 20. The summed E-state index contributed by atoms with van der Waals surface area (Å²) in [6.45, 7) is 2.56. The normalized spacial score (nSPS) is 13.8. The van der Waals surface area contributed by atoms with Crippen molar-refractivity contribution in [1.82, 2.24) is 56.7 Å². The van der Waals surface area contributed by atoms with E-state index < -0.39 is 77.6 Å². The first-order chi connectivity index (χ1) is 43.8. The maximum Gasteiger partial charge on any atom is 0.243 e. The zero-order chi connectivity index (χ0) is 68.0. The Morgan fingerprint density at radius 3 is 1.08 bits per heavy atom. The Morgan fingerprint density at radius 2 is 0.728 bits per heavy atom. The minimum Gasteiger partial charge on any atom is -0.370 e. The smallest absolute Gasteiger partial charge is 0.243 e. The standard InChI is InChI=1S/C53H97N31O8/c54-40(87)31(11-5-19-67-48(55)56)78-44(89)33(13-7-21-69-50(59)60)80-46(91)35(15-9-23-71-52(63)64)82-47(92)36(16-10-24-72-53(65)66)81-45(90)34(14-8-22-70-51(61)62)79-43(88)32(12-6-20-68-49(57)58)77-37(85)17-3-1-2-4-18-38(86)83-25-27-84(28-26-83)42-39-41(74-29-73-39)75-30-76-42/h29-36H,1-28H2,(H2,54,87)(H,77,85)(H,78,89)(H,79,88)(H,80,91)(H,81,90)(H,82,92)(H4,55,56,67)(H4,57,58,68)(H4,59,60,69)(H4,61,62,70)(H4,63,64,71)(H4,65,66,72)(H,73,74,75,76)/t31-,32-,33-,34-,35-,36-/m1/s1. The summed E-state index contributed by atoms with van der Waals surface area (Å²) in [5.74, 6) is -6.06. The number of hydrogen-bond acceptors (Lipinski definition) is 18. The number of aromatic amines is 1. The molecule has 1 fully saturated rings. The van der Waals surface area contributed by atoms with Crippen molar-refractivity contribution in [2.24, 2.45) is 104 Å². The number of nitrogens with one attached hydrogen (secondary N) is 7. The topological polar surface area (TPSA) is 682 Å². The largest absolute Gasteiger partial charge is 0.370 e. The average Bonchev–Trinajstić information content (AvgIpc) is 1.58. The second kappa shape index (κ2) is 41.9. The van der Waals surface area contributed by atoms with E-state index >= 15 is 0 Å². The van der Waals surface area contributed by atoms with Crippen LogP contribution in [0.25, 0.3) is 11.2 Å². The first-order valence-corrected chi connectivity index (χ1v) is 30.4. The summed E-state index contributed by atoms with van der Waals surface area (Å²) in [5, 5.41) is 16.1. The predicted octanol–water partition coefficient (Wildman–Crippen LogP) is -7.94. The van der Waals surface area contributed by atoms with Crippen LogP contribution in [0.1, 0.15) is 116 Å². The third-order valence-electron chi connectivity index (χ3n) is 14.2. The number of carbonyl (C=O) groups excluding carboxylic acids is 8. The van der Waals surface area contributed by atoms with Crippen LogP contribution < -0.4 is 111 Å². The van der Waals surface area contributed by atoms with E-state index in [0.717, 1.165) is 11.3 Å². The van der Waals surface area contributed by atoms with Crippen molar-refractivity contribution >= 4 is 100.0 Å². The predicted molar refractivity (Wildman–Crippen MR) is 348 cm³/mol. The first-order valence-electron chi connectivity index (χ1n) is 30.4. The molecule has 0 spiro atoms. The number of amides is 8. The van der Waals surface area contributed by atoms with Crippen LogP contribution in [0.4, 0.5) is 5.82 Å². The molecule has 0 bridgehead atoms. The van der Waals surface area contributed by atoms with Crippen molar-refractivity contribution in [3.05, 3.63) is 12.7 Å². The molecule has 1 aliphatic heterocycles. The number of piperazine rings is 1. The van der Waals surface area contributed by atoms with Gasteiger partial charge in [-0.05, 0) is 89.9 Å². The van der Waals surface area contributed by atoms with Crippen molar-refractivity contribution in [2.45, 2.75) is 152 Å². The van der Waals surface area contributed by atoms with E-state index in [9.17, 15) is 38.4 Å². The summed E-state index contributed by atoms with van der Waals surface area (Å²) in [4.78, 5) is 155. The quantitative estimate of drug-likeness (QED) is 0.0166. The number of aliphatic imine (C=N–C) groups is 6. The van der Waals surface area contributed by atoms with E-state index in [1.807, 2.05) is 4.90 Å². The van der Waals surface area contributed by atoms with Crippen molar-refractivity contribution < 1.29 is 38.4 Å². The van der Waals surface area contributed by atoms with Crippen LogP contribution in [-0.2, 0) is 38.4 Å². The lowest BCUT2D eigenvalue weighted by atomic mass is 10.0. The van der Waals surface area contributed by atoms with Crippen LogP contribution in [-0.4, -0.2) is 210 Å². The molecule has 3 rings (SSSR count). The molecule has 33 N–H and O–H groups in total. The van der Waals surface area contributed by atoms with Gasteiger partial charge in [-0.15, -0.1) is 0 Å². The van der Waals surface area contributed by atoms with Crippen LogP contribution in [0, 0.1) is 0 Å². The fourth-order valence-corrected chi connectivity index (χ4v) is 9.51. The molecule has 0 aliphatic carbocycles. The van der Waals surface area contributed by atoms with Crippen molar-refractivity contribution in [2.75, 3.05) is 70.3 Å². The number of nitrogens with two attached hydrogens (primary N) is 13. The summed E-state index contributed by atoms with van der Waals surface area (Å²) < 4.78 is 0. The van der Waals surface area contributed by atoms with Crippen LogP contribution >= 0.6 is 0 Å². The van der Waals surface area contributed by atoms with Crippen molar-refractivity contribution in [3.63, 3.8) is 0 Å². The third kappa shape index (κ3) is 30.8. The molecule has 0 radical (unpaired) electrons. The number of aromatic nitrogens is 4. The van der Waals surface area contributed by atoms with Gasteiger partial charge in [-0.3, -0.25) is 68.3 Å². The molecule has 39 nitrogen and oxygen atoms in total. The highest BCUT2D eigenvalue weighted by atomic mass is 16.2. The number of carbonyl (C=O) groups is 8. The molecular formula is C53H97N31O8. The summed E-state index contributed by atoms with van der Waals surface area (Å²) in [7, 11) is 0. The highest BCUT2D eigenvalue weighted by Crippen LogP contribution is 2.22. The highest BCUT2D eigenvalue weighted by molar-refractivity contribution is 5.97. The SMILES string of the molecule is NC(=O)[C@@H](CCCN=C(N)N)NC(=O)[C@@H](CCCN=C(N)N)NC(=O)[C@@H](CCCN=C(N)N)NC(=O)[C@@H](CCCN=C(N)N)NC(=O)[C@@H](CCCN=C(N)N)NC(=O)[C@@H](CCCN=C(N)N)NC(=O)CCCCCCC(=O)N1CCN(c2ncnc3nc[nH]c23)CC1. The zero-order valence-corrected chi connectivity index (χ0v) is 52.1. The Kier molecular flexibility index (Phi) is 34.6. The molecule has 1 saturated heterocycles. The minimum atomic E-state index is -1.44. The molecule has 0 unspecified atom stereocenters. The molecular weight excluding hydrogens is 1200 g/mol. The molecule has 0 aromatic carbocycles. The third-order valence-corrected chi connectivity index (χ3v) is 14.2. The molecule has 3 heterocycles. The molecule has 0 saturated carbocycles. The molecule has 2 aromatic rings. The maximum atomic E-state index is 14.6. The van der Waals surface area contributed by atoms with E-state index in [1.165, 1.54) is 6.33 Å². The molecule has 8 amide bonds. The van der Waals surface area contributed by atoms with Crippen LogP contribution in [0.2, 0.25) is 0 Å². The fraction of sp³-hybridized carbons (Fsp3) is 0.642. The Balaban J connectivity index is 1.81. The molecule has 92 heavy (non-hydrogen) atoms. The van der Waals surface area contributed by atoms with Gasteiger partial charge in [0.15, 0.2) is 47.2 Å². The number of guanidine groups is 6. The van der Waals surface area contributed by atoms with Gasteiger partial charge in [-0.2, -0.15) is 0 Å². The van der Waals surface area contributed by atoms with E-state index in [1.54, 1.807) is 6.33 Å². The number of fused-ring (bicyclic) bond motifs is 1. The van der Waals surface area contributed by atoms with E-state index in [0.29, 0.717) is 63.9 Å². The molecule has 512 valence electrons. The van der Waals surface area contributed by atoms with Gasteiger partial charge in [0.05, 0.1) is 6.33 Å². The van der Waals surface area contributed by atoms with Crippen molar-refractivity contribution in [1.29, 1.82) is 0 Å². The number of nitrogens with zero attached hydrogens (tertiary/aromatic N) is 11. The Bertz CT molecular complexity index is 2860. The van der Waals surface area contributed by atoms with E-state index in [-0.39, 0.29) is 164 Å². The van der Waals surface area contributed by atoms with Crippen LogP contribution in [0.3, 0.4) is 0 Å². The van der Waals surface area contributed by atoms with Gasteiger partial charge >= 0.3 is 0 Å². The van der Waals surface area contributed by atoms with Crippen LogP contribution in [0.5, 0.6) is 0 Å². The van der Waals surface area contributed by atoms with Gasteiger partial charge in [-0.1, -0.05) is 12.8 Å². The monoisotopic (exact) mass is 1300 g/mol. The van der Waals surface area contributed by atoms with E-state index in [2.05, 4.69) is 86.7 Å². The Hall–Kier alpha value is -10.3. The lowest BCUT2D eigenvalue weighted by molar-refractivity contribution is -0.135. The zero-order valence-electron chi connectivity index (χ0n) is 52.1. The number of primary amides is 1. The van der Waals surface area contributed by atoms with Crippen LogP contribution in [0.15, 0.2) is 42.6 Å². The minimum absolute atomic E-state index is 0.00269. The lowest BCUT2D eigenvalue weighted by Crippen LogP contribution is -2.59. The van der Waals surface area contributed by atoms with Gasteiger partial charge in [0, 0.05) is 78.3 Å². The van der Waals surface area contributed by atoms with Gasteiger partial charge in [0.1, 0.15) is 48.1 Å². The highest BCUT2D eigenvalue weighted by Gasteiger charge is 2.34. The summed E-state index contributed by atoms with van der Waals surface area (Å²) >= 11 is 0. The Morgan fingerprint density at radius 1 is 0.402 bits per heavy atom.